The van der Waals surface area contributed by atoms with Crippen molar-refractivity contribution in [1.82, 2.24) is 15.5 Å². The standard InChI is InChI=1S/C22H30N4O4/c1-14(2)16-9-6-8-15(3)17(16)24-19(28)18(27)23-12-7-13-26-20(29)22(25-21(26)30)10-4-5-11-22/h6,8-9,14H,4-5,7,10-13H2,1-3H3,(H,23,27)(H,24,28)(H,25,30). The zero-order chi connectivity index (χ0) is 21.9. The van der Waals surface area contributed by atoms with Gasteiger partial charge >= 0.3 is 17.8 Å². The average Bonchev–Trinajstić information content (AvgIpc) is 3.26. The Morgan fingerprint density at radius 1 is 1.17 bits per heavy atom. The van der Waals surface area contributed by atoms with E-state index in [9.17, 15) is 19.2 Å². The molecular weight excluding hydrogens is 384 g/mol. The van der Waals surface area contributed by atoms with Gasteiger partial charge in [-0.05, 0) is 43.2 Å². The quantitative estimate of drug-likeness (QED) is 0.377. The van der Waals surface area contributed by atoms with Crippen LogP contribution in [0.5, 0.6) is 0 Å². The molecule has 0 radical (unpaired) electrons. The second-order valence-corrected chi connectivity index (χ2v) is 8.43. The first-order valence-electron chi connectivity index (χ1n) is 10.6. The summed E-state index contributed by atoms with van der Waals surface area (Å²) in [6, 6.07) is 5.37. The maximum atomic E-state index is 12.6. The van der Waals surface area contributed by atoms with Gasteiger partial charge in [-0.25, -0.2) is 4.79 Å². The van der Waals surface area contributed by atoms with Gasteiger partial charge in [0.2, 0.25) is 0 Å². The van der Waals surface area contributed by atoms with Crippen LogP contribution in [0.4, 0.5) is 10.5 Å². The zero-order valence-electron chi connectivity index (χ0n) is 17.8. The van der Waals surface area contributed by atoms with Gasteiger partial charge in [-0.1, -0.05) is 44.9 Å². The minimum atomic E-state index is -0.738. The largest absolute Gasteiger partial charge is 0.348 e. The summed E-state index contributed by atoms with van der Waals surface area (Å²) in [6.07, 6.45) is 3.62. The van der Waals surface area contributed by atoms with Crippen LogP contribution in [0, 0.1) is 6.92 Å². The van der Waals surface area contributed by atoms with Gasteiger partial charge in [-0.15, -0.1) is 0 Å². The number of nitrogens with zero attached hydrogens (tertiary/aromatic N) is 1. The number of carbonyl (C=O) groups is 4. The molecule has 1 saturated carbocycles. The molecule has 1 aromatic rings. The molecule has 1 aromatic carbocycles. The number of benzene rings is 1. The summed E-state index contributed by atoms with van der Waals surface area (Å²) >= 11 is 0. The number of para-hydroxylation sites is 1. The Hall–Kier alpha value is -2.90. The summed E-state index contributed by atoms with van der Waals surface area (Å²) in [5, 5.41) is 8.10. The monoisotopic (exact) mass is 414 g/mol. The number of hydrogen-bond donors (Lipinski definition) is 3. The second kappa shape index (κ2) is 8.85. The van der Waals surface area contributed by atoms with E-state index in [4.69, 9.17) is 0 Å². The van der Waals surface area contributed by atoms with E-state index in [2.05, 4.69) is 16.0 Å². The molecule has 0 unspecified atom stereocenters. The Kier molecular flexibility index (Phi) is 6.43. The van der Waals surface area contributed by atoms with Crippen molar-refractivity contribution >= 4 is 29.4 Å². The number of amides is 5. The molecule has 0 bridgehead atoms. The molecule has 8 heteroatoms. The number of nitrogens with one attached hydrogen (secondary N) is 3. The van der Waals surface area contributed by atoms with Crippen molar-refractivity contribution in [3.8, 4) is 0 Å². The second-order valence-electron chi connectivity index (χ2n) is 8.43. The number of aryl methyl sites for hydroxylation is 1. The highest BCUT2D eigenvalue weighted by Gasteiger charge is 2.51. The Balaban J connectivity index is 1.48. The summed E-state index contributed by atoms with van der Waals surface area (Å²) in [7, 11) is 0. The molecule has 8 nitrogen and oxygen atoms in total. The van der Waals surface area contributed by atoms with E-state index in [-0.39, 0.29) is 30.9 Å². The zero-order valence-corrected chi connectivity index (χ0v) is 17.8. The van der Waals surface area contributed by atoms with Crippen LogP contribution in [0.2, 0.25) is 0 Å². The van der Waals surface area contributed by atoms with Crippen LogP contribution in [0.3, 0.4) is 0 Å². The normalized spacial score (nSPS) is 17.5. The third-order valence-corrected chi connectivity index (χ3v) is 5.92. The topological polar surface area (TPSA) is 108 Å². The molecule has 0 aromatic heterocycles. The molecule has 1 spiro atoms. The fourth-order valence-corrected chi connectivity index (χ4v) is 4.23. The van der Waals surface area contributed by atoms with Crippen LogP contribution in [0.15, 0.2) is 18.2 Å². The number of carbonyl (C=O) groups excluding carboxylic acids is 4. The smallest absolute Gasteiger partial charge is 0.325 e. The van der Waals surface area contributed by atoms with Gasteiger partial charge < -0.3 is 16.0 Å². The molecule has 162 valence electrons. The molecule has 1 heterocycles. The molecule has 30 heavy (non-hydrogen) atoms. The molecular formula is C22H30N4O4. The van der Waals surface area contributed by atoms with Gasteiger partial charge in [0, 0.05) is 18.8 Å². The number of anilines is 1. The SMILES string of the molecule is Cc1cccc(C(C)C)c1NC(=O)C(=O)NCCCN1C(=O)NC2(CCCC2)C1=O. The molecule has 2 aliphatic rings. The lowest BCUT2D eigenvalue weighted by Crippen LogP contribution is -2.44. The molecule has 1 aliphatic heterocycles. The van der Waals surface area contributed by atoms with Crippen molar-refractivity contribution in [2.24, 2.45) is 0 Å². The Labute approximate surface area is 176 Å². The van der Waals surface area contributed by atoms with Crippen molar-refractivity contribution in [1.29, 1.82) is 0 Å². The molecule has 2 fully saturated rings. The molecule has 3 N–H and O–H groups in total. The van der Waals surface area contributed by atoms with Gasteiger partial charge in [-0.2, -0.15) is 0 Å². The maximum Gasteiger partial charge on any atom is 0.325 e. The van der Waals surface area contributed by atoms with Crippen molar-refractivity contribution < 1.29 is 19.2 Å². The highest BCUT2D eigenvalue weighted by molar-refractivity contribution is 6.39. The number of rotatable bonds is 6. The first kappa shape index (κ1) is 21.8. The Morgan fingerprint density at radius 3 is 2.53 bits per heavy atom. The minimum absolute atomic E-state index is 0.171. The van der Waals surface area contributed by atoms with Crippen LogP contribution >= 0.6 is 0 Å². The minimum Gasteiger partial charge on any atom is -0.348 e. The van der Waals surface area contributed by atoms with Crippen LogP contribution in [0.25, 0.3) is 0 Å². The third-order valence-electron chi connectivity index (χ3n) is 5.92. The lowest BCUT2D eigenvalue weighted by atomic mass is 9.98. The molecule has 1 saturated heterocycles. The van der Waals surface area contributed by atoms with E-state index in [0.29, 0.717) is 24.9 Å². The predicted octanol–water partition coefficient (Wildman–Crippen LogP) is 2.43. The number of imide groups is 1. The number of hydrogen-bond acceptors (Lipinski definition) is 4. The highest BCUT2D eigenvalue weighted by atomic mass is 16.2. The van der Waals surface area contributed by atoms with E-state index in [1.165, 1.54) is 4.90 Å². The van der Waals surface area contributed by atoms with Crippen LogP contribution < -0.4 is 16.0 Å². The Bertz CT molecular complexity index is 859. The molecule has 3 rings (SSSR count). The van der Waals surface area contributed by atoms with Crippen molar-refractivity contribution in [3.05, 3.63) is 29.3 Å². The summed E-state index contributed by atoms with van der Waals surface area (Å²) in [6.45, 7) is 6.34. The van der Waals surface area contributed by atoms with Crippen molar-refractivity contribution in [2.75, 3.05) is 18.4 Å². The average molecular weight is 415 g/mol. The van der Waals surface area contributed by atoms with E-state index >= 15 is 0 Å². The predicted molar refractivity (Wildman–Crippen MR) is 113 cm³/mol. The summed E-state index contributed by atoms with van der Waals surface area (Å²) in [5.74, 6) is -1.44. The van der Waals surface area contributed by atoms with Crippen molar-refractivity contribution in [3.63, 3.8) is 0 Å². The lowest BCUT2D eigenvalue weighted by Gasteiger charge is -2.20. The summed E-state index contributed by atoms with van der Waals surface area (Å²) in [5.41, 5.74) is 1.80. The number of urea groups is 1. The van der Waals surface area contributed by atoms with Gasteiger partial charge in [0.25, 0.3) is 5.91 Å². The van der Waals surface area contributed by atoms with E-state index in [1.807, 2.05) is 39.0 Å². The van der Waals surface area contributed by atoms with E-state index < -0.39 is 17.4 Å². The first-order chi connectivity index (χ1) is 14.2. The van der Waals surface area contributed by atoms with Gasteiger partial charge in [0.05, 0.1) is 0 Å². The summed E-state index contributed by atoms with van der Waals surface area (Å²) < 4.78 is 0. The van der Waals surface area contributed by atoms with E-state index in [1.54, 1.807) is 0 Å². The molecule has 0 atom stereocenters. The third kappa shape index (κ3) is 4.32. The summed E-state index contributed by atoms with van der Waals surface area (Å²) in [4.78, 5) is 50.5. The van der Waals surface area contributed by atoms with Gasteiger partial charge in [0.15, 0.2) is 0 Å². The van der Waals surface area contributed by atoms with Crippen LogP contribution in [0.1, 0.15) is 63.0 Å². The van der Waals surface area contributed by atoms with Crippen LogP contribution in [-0.4, -0.2) is 47.3 Å². The van der Waals surface area contributed by atoms with E-state index in [0.717, 1.165) is 24.0 Å². The maximum absolute atomic E-state index is 12.6. The van der Waals surface area contributed by atoms with Crippen LogP contribution in [-0.2, 0) is 14.4 Å². The van der Waals surface area contributed by atoms with Gasteiger partial charge in [0.1, 0.15) is 5.54 Å². The first-order valence-corrected chi connectivity index (χ1v) is 10.6. The van der Waals surface area contributed by atoms with Crippen molar-refractivity contribution in [2.45, 2.75) is 64.3 Å². The lowest BCUT2D eigenvalue weighted by molar-refractivity contribution is -0.136. The molecule has 5 amide bonds. The fraction of sp³-hybridized carbons (Fsp3) is 0.545. The molecule has 1 aliphatic carbocycles. The fourth-order valence-electron chi connectivity index (χ4n) is 4.23. The van der Waals surface area contributed by atoms with Gasteiger partial charge in [-0.3, -0.25) is 19.3 Å². The Morgan fingerprint density at radius 2 is 1.87 bits per heavy atom. The highest BCUT2D eigenvalue weighted by Crippen LogP contribution is 2.35.